The van der Waals surface area contributed by atoms with Gasteiger partial charge in [-0.3, -0.25) is 38.1 Å². The lowest BCUT2D eigenvalue weighted by Crippen LogP contribution is -2.58. The van der Waals surface area contributed by atoms with Crippen LogP contribution < -0.4 is 64.6 Å². The van der Waals surface area contributed by atoms with Crippen LogP contribution in [0.15, 0.2) is 231 Å². The molecule has 1 amide bonds. The Bertz CT molecular complexity index is 5370. The third-order valence-corrected chi connectivity index (χ3v) is 47.3. The fourth-order valence-electron chi connectivity index (χ4n) is 21.0. The summed E-state index contributed by atoms with van der Waals surface area (Å²) in [6.07, 6.45) is 6.91. The number of aromatic nitrogens is 6. The van der Waals surface area contributed by atoms with Gasteiger partial charge in [-0.15, -0.1) is 0 Å². The average Bonchev–Trinajstić information content (AvgIpc) is 1.60. The number of hydrogen-bond donors (Lipinski definition) is 3. The van der Waals surface area contributed by atoms with Crippen LogP contribution in [-0.2, 0) is 69.8 Å². The van der Waals surface area contributed by atoms with Crippen molar-refractivity contribution >= 4 is 92.6 Å². The highest BCUT2D eigenvalue weighted by Crippen LogP contribution is 2.62. The van der Waals surface area contributed by atoms with Crippen molar-refractivity contribution in [2.45, 2.75) is 269 Å². The number of aromatic amines is 2. The molecule has 0 radical (unpaired) electrons. The molecule has 6 aromatic carbocycles. The second kappa shape index (κ2) is 48.1. The van der Waals surface area contributed by atoms with E-state index < -0.39 is 133 Å². The zero-order valence-corrected chi connectivity index (χ0v) is 85.9. The third-order valence-electron chi connectivity index (χ3n) is 28.6. The van der Waals surface area contributed by atoms with Gasteiger partial charge in [0.25, 0.3) is 36.7 Å². The molecule has 9 aromatic rings. The van der Waals surface area contributed by atoms with E-state index in [2.05, 4.69) is 236 Å². The molecule has 36 heteroatoms. The number of nitrogens with zero attached hydrogens (tertiary/aromatic N) is 7. The van der Waals surface area contributed by atoms with Crippen molar-refractivity contribution in [3.8, 4) is 0 Å². The largest absolute Gasteiger partial charge is 0.382 e. The molecule has 0 bridgehead atoms. The Morgan fingerprint density at radius 3 is 1.02 bits per heavy atom. The molecule has 30 nitrogen and oxygen atoms in total. The molecular weight excluding hydrogens is 1860 g/mol. The fraction of sp³-hybridized carbons (Fsp3) is 0.520. The van der Waals surface area contributed by atoms with Gasteiger partial charge in [-0.2, -0.15) is 4.98 Å². The van der Waals surface area contributed by atoms with E-state index in [-0.39, 0.29) is 81.2 Å². The fourth-order valence-corrected chi connectivity index (χ4v) is 38.9. The van der Waals surface area contributed by atoms with E-state index in [1.807, 2.05) is 20.8 Å². The van der Waals surface area contributed by atoms with Gasteiger partial charge in [0.15, 0.2) is 18.7 Å². The number of nitrogens with one attached hydrogen (secondary N) is 3. The minimum Gasteiger partial charge on any atom is -0.382 e. The number of benzene rings is 6. The van der Waals surface area contributed by atoms with Crippen LogP contribution in [0.3, 0.4) is 0 Å². The summed E-state index contributed by atoms with van der Waals surface area (Å²) in [5, 5.41) is 11.1. The van der Waals surface area contributed by atoms with E-state index in [1.165, 1.54) is 57.2 Å². The number of hydrogen-bond acceptors (Lipinski definition) is 24. The number of anilines is 1. The molecule has 3 N–H and O–H groups in total. The molecule has 0 spiro atoms. The van der Waals surface area contributed by atoms with E-state index in [0.29, 0.717) is 62.9 Å². The first-order valence-corrected chi connectivity index (χ1v) is 59.7. The van der Waals surface area contributed by atoms with Crippen molar-refractivity contribution in [3.05, 3.63) is 270 Å². The van der Waals surface area contributed by atoms with Crippen LogP contribution in [0.2, 0.25) is 37.8 Å². The lowest BCUT2D eigenvalue weighted by molar-refractivity contribution is -0.118. The number of carbonyl (C=O) groups is 1. The molecule has 746 valence electrons. The lowest BCUT2D eigenvalue weighted by Gasteiger charge is -2.32. The second-order valence-corrected chi connectivity index (χ2v) is 54.6. The molecule has 9 fully saturated rings. The van der Waals surface area contributed by atoms with Gasteiger partial charge in [0.05, 0.1) is 63.1 Å². The highest BCUT2D eigenvalue weighted by molar-refractivity contribution is 7.45. The first-order chi connectivity index (χ1) is 65.9. The molecule has 3 aromatic heterocycles. The van der Waals surface area contributed by atoms with E-state index in [1.54, 1.807) is 61.3 Å². The number of aryl methyl sites for hydroxylation is 2. The number of rotatable bonds is 35. The molecule has 138 heavy (non-hydrogen) atoms. The Morgan fingerprint density at radius 2 is 0.739 bits per heavy atom. The van der Waals surface area contributed by atoms with Crippen LogP contribution in [0.1, 0.15) is 137 Å². The van der Waals surface area contributed by atoms with E-state index in [0.717, 1.165) is 76.3 Å². The Kier molecular flexibility index (Phi) is 37.0. The number of ether oxygens (including phenoxy) is 8. The van der Waals surface area contributed by atoms with Crippen LogP contribution >= 0.6 is 25.6 Å². The molecular formula is C102H141N10O20P3Si3. The zero-order valence-electron chi connectivity index (χ0n) is 80.2. The summed E-state index contributed by atoms with van der Waals surface area (Å²) in [5.41, 5.74) is -1.61. The average molecular weight is 2000 g/mol. The second-order valence-electron chi connectivity index (χ2n) is 37.7. The van der Waals surface area contributed by atoms with Gasteiger partial charge in [0, 0.05) is 94.7 Å². The summed E-state index contributed by atoms with van der Waals surface area (Å²) in [7, 11) is -5.74. The first kappa shape index (κ1) is 106. The molecule has 9 saturated heterocycles. The maximum Gasteiger partial charge on any atom is 0.351 e. The van der Waals surface area contributed by atoms with Gasteiger partial charge in [-0.05, 0) is 95.8 Å². The molecule has 0 aliphatic carbocycles. The number of H-pyrrole nitrogens is 2. The summed E-state index contributed by atoms with van der Waals surface area (Å²) in [6.45, 7) is 24.5. The molecule has 9 aliphatic rings. The van der Waals surface area contributed by atoms with E-state index in [9.17, 15) is 28.8 Å². The number of carbonyl (C=O) groups excluding carboxylic acids is 1. The molecule has 3 unspecified atom stereocenters. The lowest BCUT2D eigenvalue weighted by atomic mass is 10.1. The minimum atomic E-state index is -2.15. The Hall–Kier alpha value is -7.71. The van der Waals surface area contributed by atoms with Crippen molar-refractivity contribution in [1.82, 2.24) is 42.7 Å². The molecule has 12 heterocycles. The highest BCUT2D eigenvalue weighted by Gasteiger charge is 2.59. The summed E-state index contributed by atoms with van der Waals surface area (Å²) in [6, 6.07) is 70.7. The molecule has 0 saturated carbocycles. The molecule has 21 atom stereocenters. The van der Waals surface area contributed by atoms with Gasteiger partial charge < -0.3 is 70.4 Å². The van der Waals surface area contributed by atoms with Gasteiger partial charge in [-0.25, -0.2) is 28.4 Å². The monoisotopic (exact) mass is 2000 g/mol. The summed E-state index contributed by atoms with van der Waals surface area (Å²) in [4.78, 5) is 84.3. The molecule has 18 rings (SSSR count). The summed E-state index contributed by atoms with van der Waals surface area (Å²) in [5.74, 6) is -0.225. The highest BCUT2D eigenvalue weighted by atomic mass is 31.2. The number of methoxy groups -OCH3 is 3. The Labute approximate surface area is 817 Å². The quantitative estimate of drug-likeness (QED) is 0.0189. The third kappa shape index (κ3) is 23.1. The van der Waals surface area contributed by atoms with Crippen molar-refractivity contribution in [2.24, 2.45) is 5.92 Å². The normalized spacial score (nSPS) is 27.9. The Balaban J connectivity index is 0.000000164. The predicted octanol–water partition coefficient (Wildman–Crippen LogP) is 12.9. The van der Waals surface area contributed by atoms with Gasteiger partial charge in [-0.1, -0.05) is 282 Å². The summed E-state index contributed by atoms with van der Waals surface area (Å²) < 4.78 is 102. The van der Waals surface area contributed by atoms with Gasteiger partial charge in [0.1, 0.15) is 66.7 Å². The van der Waals surface area contributed by atoms with Gasteiger partial charge >= 0.3 is 17.1 Å². The Morgan fingerprint density at radius 1 is 0.435 bits per heavy atom. The topological polar surface area (TPSA) is 313 Å². The SMILES string of the molecule is C.C.CC[C@H]1O[C@@H](n2cc(C)c(=O)[nH]c2=O)[C@@H](OCCOC)C1O[P@]1O[C@@H](C[Si](C)(c2ccccc2)c2ccccc2)[C@H]2CCCN21.CC[C@H]1O[C@@H](n2cc(C)c(=O)[nH]c2=O)[C@@H](OCCOC)C1O[P@]1O[C@H](C[Si](C)(c2ccccc2)c2ccccc2)[C@@H]2CCCN21.CC[C@H]1O[C@@H](n2ccc(NC(=O)C(C)C)nc2=O)[C@@H](OC)C1O[P@]1O[C@H](C[Si](C)(c2ccccc2)c2ccccc2)[C@@H]2CCCN21. The van der Waals surface area contributed by atoms with E-state index >= 15 is 0 Å². The minimum absolute atomic E-state index is 0. The maximum atomic E-state index is 13.1. The predicted molar refractivity (Wildman–Crippen MR) is 549 cm³/mol. The van der Waals surface area contributed by atoms with Crippen molar-refractivity contribution in [2.75, 3.05) is 72.7 Å². The maximum absolute atomic E-state index is 13.1. The van der Waals surface area contributed by atoms with E-state index in [4.69, 9.17) is 65.0 Å². The smallest absolute Gasteiger partial charge is 0.351 e. The summed E-state index contributed by atoms with van der Waals surface area (Å²) >= 11 is 0. The van der Waals surface area contributed by atoms with Crippen molar-refractivity contribution < 1.29 is 69.8 Å². The van der Waals surface area contributed by atoms with Crippen LogP contribution in [0.25, 0.3) is 0 Å². The standard InChI is InChI=1S/C34H45N4O6PSi.2C33H44N3O7PSi.2CH4/c1-6-27-30(31(41-4)33(42-27)37-21-19-29(36-34(37)40)35-32(39)23(2)3)44-45-38-20-13-18-26(38)28(43-45)22-46(5,24-14-9-7-10-15-24)25-16-11-8-12-17-25;2*1-5-27-29(30(40-20-19-39-3)32(41-27)35-21-23(2)31(37)34-33(35)38)43-44-36-18-12-17-26(36)28(42-44)22-45(4,24-13-8-6-9-14-24)25-15-10-7-11-16-25;;/h7-12,14-17,19,21,23,26-28,30-31,33H,6,13,18,20,22H2,1-5H3,(H,35,36,39,40);2*6-11,13-16,21,26-30,32H,5,12,17-20,22H2,1-4H3,(H,34,37,38);2*1H4/t26-,27+,28+,30?,31-,33+,45-;26-,27+,28+,29?,30-,32+,44-;26-,27-,28+,29?,30+,32-,44+;;/m001../s1. The number of amides is 1. The van der Waals surface area contributed by atoms with Crippen LogP contribution in [0.4, 0.5) is 5.82 Å². The van der Waals surface area contributed by atoms with Crippen LogP contribution in [-0.4, -0.2) is 232 Å². The zero-order chi connectivity index (χ0) is 95.5. The van der Waals surface area contributed by atoms with Crippen LogP contribution in [0, 0.1) is 19.8 Å². The van der Waals surface area contributed by atoms with Crippen molar-refractivity contribution in [1.29, 1.82) is 0 Å². The molecule has 9 aliphatic heterocycles. The number of fused-ring (bicyclic) bond motifs is 3. The first-order valence-electron chi connectivity index (χ1n) is 48.2. The van der Waals surface area contributed by atoms with Crippen LogP contribution in [0.5, 0.6) is 0 Å². The van der Waals surface area contributed by atoms with Gasteiger partial charge in [0.2, 0.25) is 5.91 Å². The van der Waals surface area contributed by atoms with Crippen molar-refractivity contribution in [3.63, 3.8) is 0 Å².